The maximum absolute atomic E-state index is 14.0. The third-order valence-corrected chi connectivity index (χ3v) is 10.1. The number of hydrogen-bond donors (Lipinski definition) is 1. The molecule has 1 aromatic carbocycles. The van der Waals surface area contributed by atoms with Gasteiger partial charge in [0.1, 0.15) is 0 Å². The summed E-state index contributed by atoms with van der Waals surface area (Å²) in [6.07, 6.45) is 9.86. The van der Waals surface area contributed by atoms with Gasteiger partial charge in [0.15, 0.2) is 0 Å². The molecule has 0 bridgehead atoms. The molecule has 4 fully saturated rings. The van der Waals surface area contributed by atoms with Crippen LogP contribution in [0, 0.1) is 0 Å². The number of piperazine rings is 1. The first-order chi connectivity index (χ1) is 18.7. The van der Waals surface area contributed by atoms with Crippen molar-refractivity contribution in [1.82, 2.24) is 24.7 Å². The van der Waals surface area contributed by atoms with Crippen molar-refractivity contribution in [2.75, 3.05) is 70.2 Å². The Morgan fingerprint density at radius 1 is 0.923 bits per heavy atom. The van der Waals surface area contributed by atoms with E-state index in [4.69, 9.17) is 0 Å². The average Bonchev–Trinajstić information content (AvgIpc) is 3.20. The molecular formula is C30H43N7O2. The summed E-state index contributed by atoms with van der Waals surface area (Å²) < 4.78 is 0. The van der Waals surface area contributed by atoms with E-state index in [-0.39, 0.29) is 17.1 Å². The highest BCUT2D eigenvalue weighted by Crippen LogP contribution is 2.50. The minimum absolute atomic E-state index is 0.0247. The molecular weight excluding hydrogens is 490 g/mol. The monoisotopic (exact) mass is 533 g/mol. The van der Waals surface area contributed by atoms with E-state index in [1.165, 1.54) is 5.56 Å². The number of anilines is 2. The van der Waals surface area contributed by atoms with Gasteiger partial charge in [-0.3, -0.25) is 9.80 Å². The molecule has 1 N–H and O–H groups in total. The Balaban J connectivity index is 1.26. The molecule has 39 heavy (non-hydrogen) atoms. The summed E-state index contributed by atoms with van der Waals surface area (Å²) in [6.45, 7) is 4.81. The van der Waals surface area contributed by atoms with E-state index in [1.54, 1.807) is 0 Å². The molecule has 2 saturated heterocycles. The predicted molar refractivity (Wildman–Crippen MR) is 153 cm³/mol. The van der Waals surface area contributed by atoms with E-state index in [0.717, 1.165) is 82.8 Å². The number of carbonyl (C=O) groups is 1. The number of β-amino-alcohol motifs (C(OH)–C–C–N with tert-alkyl or cyclic N) is 1. The second-order valence-electron chi connectivity index (χ2n) is 12.6. The van der Waals surface area contributed by atoms with Gasteiger partial charge in [0.25, 0.3) is 0 Å². The van der Waals surface area contributed by atoms with Crippen LogP contribution in [-0.4, -0.2) is 107 Å². The van der Waals surface area contributed by atoms with Crippen LogP contribution in [0.15, 0.2) is 42.7 Å². The van der Waals surface area contributed by atoms with Crippen LogP contribution in [0.3, 0.4) is 0 Å². The second kappa shape index (κ2) is 10.0. The van der Waals surface area contributed by atoms with E-state index in [0.29, 0.717) is 13.1 Å². The van der Waals surface area contributed by atoms with Crippen LogP contribution in [0.2, 0.25) is 0 Å². The Hall–Kier alpha value is -2.75. The normalized spacial score (nSPS) is 29.4. The van der Waals surface area contributed by atoms with Gasteiger partial charge in [-0.2, -0.15) is 0 Å². The first kappa shape index (κ1) is 26.5. The van der Waals surface area contributed by atoms with Crippen molar-refractivity contribution in [1.29, 1.82) is 0 Å². The maximum atomic E-state index is 14.0. The topological polar surface area (TPSA) is 79.3 Å². The Morgan fingerprint density at radius 3 is 2.13 bits per heavy atom. The fourth-order valence-corrected chi connectivity index (χ4v) is 7.19. The average molecular weight is 534 g/mol. The molecule has 2 aliphatic carbocycles. The number of carbonyl (C=O) groups excluding carboxylic acids is 1. The summed E-state index contributed by atoms with van der Waals surface area (Å²) in [5, 5.41) is 11.2. The molecule has 1 spiro atoms. The molecule has 3 heterocycles. The van der Waals surface area contributed by atoms with E-state index >= 15 is 0 Å². The Labute approximate surface area is 232 Å². The molecule has 2 aliphatic heterocycles. The van der Waals surface area contributed by atoms with Gasteiger partial charge in [0.2, 0.25) is 5.95 Å². The van der Waals surface area contributed by atoms with Crippen LogP contribution in [0.1, 0.15) is 50.5 Å². The lowest BCUT2D eigenvalue weighted by Gasteiger charge is -2.52. The number of urea groups is 1. The molecule has 9 heteroatoms. The first-order valence-corrected chi connectivity index (χ1v) is 14.5. The van der Waals surface area contributed by atoms with Gasteiger partial charge < -0.3 is 19.8 Å². The zero-order valence-electron chi connectivity index (χ0n) is 23.7. The molecule has 2 saturated carbocycles. The van der Waals surface area contributed by atoms with Gasteiger partial charge in [0, 0.05) is 31.7 Å². The number of aromatic nitrogens is 2. The zero-order chi connectivity index (χ0) is 27.3. The molecule has 9 nitrogen and oxygen atoms in total. The zero-order valence-corrected chi connectivity index (χ0v) is 23.7. The number of benzene rings is 1. The minimum atomic E-state index is -0.768. The van der Waals surface area contributed by atoms with Gasteiger partial charge in [-0.15, -0.1) is 0 Å². The van der Waals surface area contributed by atoms with E-state index in [2.05, 4.69) is 76.1 Å². The molecule has 6 rings (SSSR count). The third kappa shape index (κ3) is 4.68. The Morgan fingerprint density at radius 2 is 1.56 bits per heavy atom. The third-order valence-electron chi connectivity index (χ3n) is 10.1. The molecule has 210 valence electrons. The first-order valence-electron chi connectivity index (χ1n) is 14.5. The van der Waals surface area contributed by atoms with Gasteiger partial charge in [-0.1, -0.05) is 30.3 Å². The van der Waals surface area contributed by atoms with Crippen molar-refractivity contribution in [2.24, 2.45) is 0 Å². The van der Waals surface area contributed by atoms with E-state index in [9.17, 15) is 9.90 Å². The van der Waals surface area contributed by atoms with Crippen molar-refractivity contribution < 1.29 is 9.90 Å². The van der Waals surface area contributed by atoms with E-state index in [1.807, 2.05) is 22.2 Å². The SMILES string of the molecule is CN1CCN(c2ncc(N3C[C@]4(CC[C@@](c5ccccc5)(N(C)C)CC4)N(CC4(O)CCC4)C3=O)cn2)CC1. The van der Waals surface area contributed by atoms with Gasteiger partial charge in [0.05, 0.1) is 42.3 Å². The summed E-state index contributed by atoms with van der Waals surface area (Å²) in [6, 6.07) is 10.8. The number of hydrogen-bond acceptors (Lipinski definition) is 7. The van der Waals surface area contributed by atoms with Crippen molar-refractivity contribution in [3.63, 3.8) is 0 Å². The van der Waals surface area contributed by atoms with Crippen LogP contribution in [-0.2, 0) is 5.54 Å². The van der Waals surface area contributed by atoms with Crippen LogP contribution >= 0.6 is 0 Å². The van der Waals surface area contributed by atoms with Gasteiger partial charge >= 0.3 is 6.03 Å². The number of aliphatic hydroxyl groups is 1. The van der Waals surface area contributed by atoms with Crippen LogP contribution < -0.4 is 9.80 Å². The molecule has 2 aromatic rings. The molecule has 0 unspecified atom stereocenters. The fraction of sp³-hybridized carbons (Fsp3) is 0.633. The van der Waals surface area contributed by atoms with Crippen LogP contribution in [0.5, 0.6) is 0 Å². The summed E-state index contributed by atoms with van der Waals surface area (Å²) in [4.78, 5) is 34.2. The number of likely N-dealkylation sites (N-methyl/N-ethyl adjacent to an activating group) is 1. The molecule has 4 aliphatic rings. The van der Waals surface area contributed by atoms with Crippen molar-refractivity contribution in [3.05, 3.63) is 48.3 Å². The van der Waals surface area contributed by atoms with Crippen molar-refractivity contribution in [2.45, 2.75) is 61.6 Å². The largest absolute Gasteiger partial charge is 0.388 e. The Bertz CT molecular complexity index is 1150. The smallest absolute Gasteiger partial charge is 0.325 e. The number of rotatable bonds is 6. The highest BCUT2D eigenvalue weighted by Gasteiger charge is 2.56. The summed E-state index contributed by atoms with van der Waals surface area (Å²) >= 11 is 0. The Kier molecular flexibility index (Phi) is 6.80. The van der Waals surface area contributed by atoms with Crippen LogP contribution in [0.4, 0.5) is 16.4 Å². The maximum Gasteiger partial charge on any atom is 0.325 e. The highest BCUT2D eigenvalue weighted by atomic mass is 16.3. The standard InChI is InChI=1S/C30H43N7O2/c1-33(2)30(24-8-5-4-6-9-24)14-12-28(13-15-30)22-36(27(38)37(28)23-29(39)10-7-11-29)25-20-31-26(32-21-25)35-18-16-34(3)17-19-35/h4-6,8-9,20-21,39H,7,10-19,22-23H2,1-3H3/t28-,30-. The summed E-state index contributed by atoms with van der Waals surface area (Å²) in [5.41, 5.74) is 0.939. The molecule has 0 radical (unpaired) electrons. The van der Waals surface area contributed by atoms with E-state index < -0.39 is 5.60 Å². The lowest BCUT2D eigenvalue weighted by Crippen LogP contribution is -2.59. The molecule has 1 aromatic heterocycles. The fourth-order valence-electron chi connectivity index (χ4n) is 7.19. The van der Waals surface area contributed by atoms with Crippen LogP contribution in [0.25, 0.3) is 0 Å². The van der Waals surface area contributed by atoms with Crippen molar-refractivity contribution >= 4 is 17.7 Å². The number of amides is 2. The minimum Gasteiger partial charge on any atom is -0.388 e. The van der Waals surface area contributed by atoms with Gasteiger partial charge in [-0.05, 0) is 71.7 Å². The predicted octanol–water partition coefficient (Wildman–Crippen LogP) is 3.16. The lowest BCUT2D eigenvalue weighted by atomic mass is 9.67. The molecule has 0 atom stereocenters. The molecule has 2 amide bonds. The lowest BCUT2D eigenvalue weighted by molar-refractivity contribution is -0.0725. The quantitative estimate of drug-likeness (QED) is 0.611. The highest BCUT2D eigenvalue weighted by molar-refractivity contribution is 5.95. The van der Waals surface area contributed by atoms with Gasteiger partial charge in [-0.25, -0.2) is 14.8 Å². The van der Waals surface area contributed by atoms with Crippen molar-refractivity contribution in [3.8, 4) is 0 Å². The number of nitrogens with zero attached hydrogens (tertiary/aromatic N) is 7. The summed E-state index contributed by atoms with van der Waals surface area (Å²) in [5.74, 6) is 0.727. The second-order valence-corrected chi connectivity index (χ2v) is 12.6. The summed E-state index contributed by atoms with van der Waals surface area (Å²) in [7, 11) is 6.48.